The van der Waals surface area contributed by atoms with Gasteiger partial charge >= 0.3 is 17.9 Å². The molecule has 0 amide bonds. The van der Waals surface area contributed by atoms with Crippen molar-refractivity contribution in [2.24, 2.45) is 0 Å². The molecule has 0 rings (SSSR count). The van der Waals surface area contributed by atoms with Gasteiger partial charge in [0.25, 0.3) is 0 Å². The molecule has 0 aliphatic heterocycles. The molecule has 0 aromatic carbocycles. The molecule has 0 fully saturated rings. The minimum Gasteiger partial charge on any atom is -0.462 e. The quantitative estimate of drug-likeness (QED) is 0.0261. The molecule has 74 heavy (non-hydrogen) atoms. The Bertz CT molecular complexity index is 1460. The SMILES string of the molecule is CC/C=C\C/C=C\C/C=C\C/C=C\CCCCCCCCCCCCCCCCC(=O)OCC(COC(=O)CCCCCCCC)OC(=O)CCCCCCCCCCCC/C=C\C/C=C\C/C=C\C/C=C\CC. The molecule has 0 saturated carbocycles. The van der Waals surface area contributed by atoms with Gasteiger partial charge in [-0.2, -0.15) is 0 Å². The van der Waals surface area contributed by atoms with E-state index in [-0.39, 0.29) is 31.1 Å². The van der Waals surface area contributed by atoms with Crippen LogP contribution in [0.5, 0.6) is 0 Å². The number of hydrogen-bond donors (Lipinski definition) is 0. The summed E-state index contributed by atoms with van der Waals surface area (Å²) in [4.78, 5) is 38.0. The molecule has 0 N–H and O–H groups in total. The van der Waals surface area contributed by atoms with Crippen LogP contribution in [0, 0.1) is 0 Å². The Balaban J connectivity index is 4.09. The van der Waals surface area contributed by atoms with Crippen LogP contribution in [0.4, 0.5) is 0 Å². The second kappa shape index (κ2) is 61.9. The molecular formula is C68H116O6. The van der Waals surface area contributed by atoms with Gasteiger partial charge in [-0.1, -0.05) is 279 Å². The van der Waals surface area contributed by atoms with Gasteiger partial charge in [0.2, 0.25) is 0 Å². The third-order valence-electron chi connectivity index (χ3n) is 13.3. The monoisotopic (exact) mass is 1030 g/mol. The fourth-order valence-electron chi connectivity index (χ4n) is 8.72. The molecule has 1 unspecified atom stereocenters. The van der Waals surface area contributed by atoms with Crippen LogP contribution in [0.25, 0.3) is 0 Å². The summed E-state index contributed by atoms with van der Waals surface area (Å²) >= 11 is 0. The van der Waals surface area contributed by atoms with E-state index < -0.39 is 6.10 Å². The number of ether oxygens (including phenoxy) is 3. The smallest absolute Gasteiger partial charge is 0.306 e. The lowest BCUT2D eigenvalue weighted by atomic mass is 10.0. The zero-order chi connectivity index (χ0) is 53.6. The van der Waals surface area contributed by atoms with Crippen LogP contribution in [0.3, 0.4) is 0 Å². The maximum atomic E-state index is 12.8. The zero-order valence-electron chi connectivity index (χ0n) is 48.6. The van der Waals surface area contributed by atoms with Crippen LogP contribution >= 0.6 is 0 Å². The van der Waals surface area contributed by atoms with Crippen molar-refractivity contribution in [3.05, 3.63) is 97.2 Å². The Morgan fingerprint density at radius 2 is 0.527 bits per heavy atom. The third-order valence-corrected chi connectivity index (χ3v) is 13.3. The van der Waals surface area contributed by atoms with E-state index in [1.807, 2.05) is 0 Å². The molecular weight excluding hydrogens is 913 g/mol. The van der Waals surface area contributed by atoms with E-state index in [1.165, 1.54) is 148 Å². The highest BCUT2D eigenvalue weighted by Crippen LogP contribution is 2.16. The first-order valence-corrected chi connectivity index (χ1v) is 31.2. The lowest BCUT2D eigenvalue weighted by Crippen LogP contribution is -2.30. The molecule has 6 nitrogen and oxygen atoms in total. The second-order valence-electron chi connectivity index (χ2n) is 20.6. The number of carbonyl (C=O) groups excluding carboxylic acids is 3. The van der Waals surface area contributed by atoms with Gasteiger partial charge in [0, 0.05) is 19.3 Å². The molecule has 0 aliphatic rings. The molecule has 424 valence electrons. The molecule has 0 spiro atoms. The summed E-state index contributed by atoms with van der Waals surface area (Å²) in [6.07, 6.45) is 83.0. The van der Waals surface area contributed by atoms with Crippen LogP contribution in [0.1, 0.15) is 297 Å². The Morgan fingerprint density at radius 3 is 0.824 bits per heavy atom. The van der Waals surface area contributed by atoms with Crippen LogP contribution in [0.2, 0.25) is 0 Å². The van der Waals surface area contributed by atoms with E-state index in [2.05, 4.69) is 118 Å². The van der Waals surface area contributed by atoms with Crippen molar-refractivity contribution in [2.45, 2.75) is 303 Å². The van der Waals surface area contributed by atoms with E-state index in [4.69, 9.17) is 14.2 Å². The molecule has 0 aliphatic carbocycles. The maximum Gasteiger partial charge on any atom is 0.306 e. The zero-order valence-corrected chi connectivity index (χ0v) is 48.6. The molecule has 1 atom stereocenters. The highest BCUT2D eigenvalue weighted by atomic mass is 16.6. The van der Waals surface area contributed by atoms with Gasteiger partial charge in [0.15, 0.2) is 6.10 Å². The van der Waals surface area contributed by atoms with Gasteiger partial charge in [-0.3, -0.25) is 14.4 Å². The number of hydrogen-bond acceptors (Lipinski definition) is 6. The topological polar surface area (TPSA) is 78.9 Å². The van der Waals surface area contributed by atoms with Crippen molar-refractivity contribution in [2.75, 3.05) is 13.2 Å². The summed E-state index contributed by atoms with van der Waals surface area (Å²) in [7, 11) is 0. The summed E-state index contributed by atoms with van der Waals surface area (Å²) < 4.78 is 16.8. The van der Waals surface area contributed by atoms with Gasteiger partial charge in [-0.05, 0) is 96.3 Å². The van der Waals surface area contributed by atoms with E-state index in [1.54, 1.807) is 0 Å². The second-order valence-corrected chi connectivity index (χ2v) is 20.6. The van der Waals surface area contributed by atoms with E-state index >= 15 is 0 Å². The van der Waals surface area contributed by atoms with Gasteiger partial charge in [-0.25, -0.2) is 0 Å². The standard InChI is InChI=1S/C68H116O6/c1-4-7-10-13-16-18-20-22-24-26-28-30-32-33-34-35-37-38-40-42-44-46-48-50-52-55-58-61-67(70)73-64-65(63-72-66(69)60-57-54-15-12-9-6-3)74-68(71)62-59-56-53-51-49-47-45-43-41-39-36-31-29-27-25-23-21-19-17-14-11-8-5-2/h7-8,10-11,16-19,22-25,28-31,65H,4-6,9,12-15,20-21,26-27,32-64H2,1-3H3/b10-7-,11-8-,18-16-,19-17-,24-22-,25-23-,30-28-,31-29-. The van der Waals surface area contributed by atoms with E-state index in [0.717, 1.165) is 109 Å². The number of unbranched alkanes of at least 4 members (excludes halogenated alkanes) is 29. The van der Waals surface area contributed by atoms with Gasteiger partial charge in [0.1, 0.15) is 13.2 Å². The van der Waals surface area contributed by atoms with Crippen LogP contribution < -0.4 is 0 Å². The van der Waals surface area contributed by atoms with Gasteiger partial charge in [0.05, 0.1) is 0 Å². The summed E-state index contributed by atoms with van der Waals surface area (Å²) in [5.74, 6) is -0.884. The largest absolute Gasteiger partial charge is 0.462 e. The first-order chi connectivity index (χ1) is 36.5. The minimum atomic E-state index is -0.777. The van der Waals surface area contributed by atoms with Crippen LogP contribution in [-0.4, -0.2) is 37.2 Å². The molecule has 6 heteroatoms. The summed E-state index contributed by atoms with van der Waals surface area (Å²) in [6.45, 7) is 6.37. The molecule has 0 heterocycles. The van der Waals surface area contributed by atoms with Crippen LogP contribution in [-0.2, 0) is 28.6 Å². The maximum absolute atomic E-state index is 12.8. The molecule has 0 saturated heterocycles. The Kier molecular flexibility index (Phi) is 58.8. The highest BCUT2D eigenvalue weighted by Gasteiger charge is 2.19. The minimum absolute atomic E-state index is 0.0774. The molecule has 0 bridgehead atoms. The first kappa shape index (κ1) is 70.3. The molecule has 0 aromatic rings. The normalized spacial score (nSPS) is 12.7. The van der Waals surface area contributed by atoms with Crippen molar-refractivity contribution in [1.29, 1.82) is 0 Å². The molecule has 0 radical (unpaired) electrons. The number of carbonyl (C=O) groups is 3. The van der Waals surface area contributed by atoms with Crippen molar-refractivity contribution in [3.8, 4) is 0 Å². The predicted molar refractivity (Wildman–Crippen MR) is 320 cm³/mol. The Labute approximate surface area is 457 Å². The van der Waals surface area contributed by atoms with E-state index in [9.17, 15) is 14.4 Å². The average molecular weight is 1030 g/mol. The van der Waals surface area contributed by atoms with Gasteiger partial charge < -0.3 is 14.2 Å². The summed E-state index contributed by atoms with van der Waals surface area (Å²) in [5.41, 5.74) is 0. The fourth-order valence-corrected chi connectivity index (χ4v) is 8.72. The lowest BCUT2D eigenvalue weighted by molar-refractivity contribution is -0.167. The van der Waals surface area contributed by atoms with E-state index in [0.29, 0.717) is 19.3 Å². The van der Waals surface area contributed by atoms with Crippen molar-refractivity contribution in [3.63, 3.8) is 0 Å². The number of esters is 3. The Hall–Kier alpha value is -3.67. The summed E-state index contributed by atoms with van der Waals surface area (Å²) in [6, 6.07) is 0. The highest BCUT2D eigenvalue weighted by molar-refractivity contribution is 5.71. The summed E-state index contributed by atoms with van der Waals surface area (Å²) in [5, 5.41) is 0. The predicted octanol–water partition coefficient (Wildman–Crippen LogP) is 21.3. The average Bonchev–Trinajstić information content (AvgIpc) is 3.40. The lowest BCUT2D eigenvalue weighted by Gasteiger charge is -2.18. The molecule has 0 aromatic heterocycles. The number of allylic oxidation sites excluding steroid dienone is 16. The van der Waals surface area contributed by atoms with Crippen LogP contribution in [0.15, 0.2) is 97.2 Å². The Morgan fingerprint density at radius 1 is 0.284 bits per heavy atom. The number of rotatable bonds is 56. The van der Waals surface area contributed by atoms with Gasteiger partial charge in [-0.15, -0.1) is 0 Å². The van der Waals surface area contributed by atoms with Crippen molar-refractivity contribution in [1.82, 2.24) is 0 Å². The fraction of sp³-hybridized carbons (Fsp3) is 0.721. The first-order valence-electron chi connectivity index (χ1n) is 31.2. The van der Waals surface area contributed by atoms with Crippen molar-refractivity contribution >= 4 is 17.9 Å². The van der Waals surface area contributed by atoms with Crippen molar-refractivity contribution < 1.29 is 28.6 Å². The third kappa shape index (κ3) is 59.2.